The highest BCUT2D eigenvalue weighted by Gasteiger charge is 2.24. The Morgan fingerprint density at radius 1 is 1.24 bits per heavy atom. The monoisotopic (exact) mass is 362 g/mol. The van der Waals surface area contributed by atoms with Gasteiger partial charge in [0.25, 0.3) is 5.91 Å². The first-order valence-electron chi connectivity index (χ1n) is 8.65. The van der Waals surface area contributed by atoms with Crippen LogP contribution in [0.15, 0.2) is 40.8 Å². The lowest BCUT2D eigenvalue weighted by Gasteiger charge is -2.34. The van der Waals surface area contributed by atoms with E-state index in [1.54, 1.807) is 4.90 Å². The number of nitrogens with one attached hydrogen (secondary N) is 1. The molecule has 25 heavy (non-hydrogen) atoms. The maximum Gasteiger partial charge on any atom is 0.277 e. The van der Waals surface area contributed by atoms with Gasteiger partial charge in [-0.25, -0.2) is 0 Å². The van der Waals surface area contributed by atoms with Gasteiger partial charge in [0.05, 0.1) is 43.4 Å². The number of amides is 1. The van der Waals surface area contributed by atoms with E-state index in [1.165, 1.54) is 4.90 Å². The van der Waals surface area contributed by atoms with Crippen LogP contribution in [0.1, 0.15) is 11.5 Å². The van der Waals surface area contributed by atoms with Crippen LogP contribution in [0.2, 0.25) is 5.02 Å². The molecule has 0 saturated carbocycles. The van der Waals surface area contributed by atoms with Crippen LogP contribution < -0.4 is 9.80 Å². The number of likely N-dealkylation sites (N-methyl/N-ethyl adjacent to an activating group) is 1. The molecule has 0 aliphatic carbocycles. The predicted octanol–water partition coefficient (Wildman–Crippen LogP) is 1.60. The summed E-state index contributed by atoms with van der Waals surface area (Å²) in [6.07, 6.45) is 0. The lowest BCUT2D eigenvalue weighted by Crippen LogP contribution is -3.15. The second-order valence-electron chi connectivity index (χ2n) is 6.63. The summed E-state index contributed by atoms with van der Waals surface area (Å²) in [5.74, 6) is 1.85. The van der Waals surface area contributed by atoms with E-state index in [0.29, 0.717) is 13.1 Å². The summed E-state index contributed by atoms with van der Waals surface area (Å²) in [4.78, 5) is 17.8. The van der Waals surface area contributed by atoms with Crippen molar-refractivity contribution >= 4 is 23.2 Å². The van der Waals surface area contributed by atoms with Gasteiger partial charge >= 0.3 is 0 Å². The fourth-order valence-electron chi connectivity index (χ4n) is 3.19. The van der Waals surface area contributed by atoms with E-state index in [0.717, 1.165) is 48.4 Å². The number of hydrogen-bond donors (Lipinski definition) is 1. The van der Waals surface area contributed by atoms with Crippen LogP contribution in [0.25, 0.3) is 0 Å². The third kappa shape index (κ3) is 4.55. The number of anilines is 1. The Balaban J connectivity index is 1.48. The van der Waals surface area contributed by atoms with Crippen molar-refractivity contribution in [3.05, 3.63) is 52.9 Å². The summed E-state index contributed by atoms with van der Waals surface area (Å²) in [7, 11) is 1.83. The number of rotatable bonds is 5. The lowest BCUT2D eigenvalue weighted by atomic mass is 10.2. The predicted molar refractivity (Wildman–Crippen MR) is 99.1 cm³/mol. The molecule has 1 saturated heterocycles. The molecule has 1 amide bonds. The maximum absolute atomic E-state index is 12.5. The first-order valence-corrected chi connectivity index (χ1v) is 9.03. The maximum atomic E-state index is 12.5. The molecule has 2 heterocycles. The summed E-state index contributed by atoms with van der Waals surface area (Å²) in [5, 5.41) is 0.788. The van der Waals surface area contributed by atoms with Crippen molar-refractivity contribution in [2.24, 2.45) is 0 Å². The smallest absolute Gasteiger partial charge is 0.277 e. The Labute approximate surface area is 153 Å². The number of carbonyl (C=O) groups excluding carboxylic acids is 1. The molecule has 0 spiro atoms. The molecule has 0 atom stereocenters. The van der Waals surface area contributed by atoms with E-state index >= 15 is 0 Å². The number of para-hydroxylation sites is 1. The minimum atomic E-state index is 0.148. The van der Waals surface area contributed by atoms with E-state index in [2.05, 4.69) is 11.0 Å². The third-order valence-corrected chi connectivity index (χ3v) is 5.00. The Bertz CT molecular complexity index is 723. The SMILES string of the molecule is Cc1ccc(CN(C)C(=O)C[NH+]2CCN(c3ccccc3Cl)CC2)o1. The zero-order chi connectivity index (χ0) is 17.8. The topological polar surface area (TPSA) is 41.1 Å². The molecule has 0 unspecified atom stereocenters. The van der Waals surface area contributed by atoms with Crippen molar-refractivity contribution in [2.45, 2.75) is 13.5 Å². The number of nitrogens with zero attached hydrogens (tertiary/aromatic N) is 2. The van der Waals surface area contributed by atoms with Crippen molar-refractivity contribution in [1.29, 1.82) is 0 Å². The van der Waals surface area contributed by atoms with Crippen molar-refractivity contribution < 1.29 is 14.1 Å². The van der Waals surface area contributed by atoms with Gasteiger partial charge in [0.1, 0.15) is 11.5 Å². The van der Waals surface area contributed by atoms with Gasteiger partial charge in [-0.05, 0) is 31.2 Å². The average Bonchev–Trinajstić information content (AvgIpc) is 3.01. The molecule has 1 N–H and O–H groups in total. The number of quaternary nitrogens is 1. The molecule has 1 fully saturated rings. The fraction of sp³-hybridized carbons (Fsp3) is 0.421. The van der Waals surface area contributed by atoms with Gasteiger partial charge in [0.2, 0.25) is 0 Å². The van der Waals surface area contributed by atoms with Gasteiger partial charge < -0.3 is 19.1 Å². The molecule has 3 rings (SSSR count). The molecule has 0 bridgehead atoms. The van der Waals surface area contributed by atoms with Crippen LogP contribution in [0.3, 0.4) is 0 Å². The molecular formula is C19H25ClN3O2+. The normalized spacial score (nSPS) is 15.4. The molecule has 5 nitrogen and oxygen atoms in total. The molecule has 1 aromatic heterocycles. The lowest BCUT2D eigenvalue weighted by molar-refractivity contribution is -0.892. The van der Waals surface area contributed by atoms with Crippen LogP contribution in [0.4, 0.5) is 5.69 Å². The molecule has 6 heteroatoms. The Hall–Kier alpha value is -1.98. The highest BCUT2D eigenvalue weighted by molar-refractivity contribution is 6.33. The first-order chi connectivity index (χ1) is 12.0. The number of hydrogen-bond acceptors (Lipinski definition) is 3. The number of aryl methyl sites for hydroxylation is 1. The van der Waals surface area contributed by atoms with Crippen molar-refractivity contribution in [3.63, 3.8) is 0 Å². The highest BCUT2D eigenvalue weighted by Crippen LogP contribution is 2.24. The number of halogens is 1. The second-order valence-corrected chi connectivity index (χ2v) is 7.03. The fourth-order valence-corrected chi connectivity index (χ4v) is 3.44. The summed E-state index contributed by atoms with van der Waals surface area (Å²) < 4.78 is 5.55. The molecule has 2 aromatic rings. The molecule has 134 valence electrons. The molecule has 1 aliphatic rings. The Morgan fingerprint density at radius 2 is 1.96 bits per heavy atom. The van der Waals surface area contributed by atoms with Gasteiger partial charge in [-0.3, -0.25) is 4.79 Å². The molecular weight excluding hydrogens is 338 g/mol. The van der Waals surface area contributed by atoms with Crippen molar-refractivity contribution in [1.82, 2.24) is 4.90 Å². The quantitative estimate of drug-likeness (QED) is 0.878. The van der Waals surface area contributed by atoms with Crippen LogP contribution in [0.5, 0.6) is 0 Å². The van der Waals surface area contributed by atoms with Gasteiger partial charge in [-0.1, -0.05) is 23.7 Å². The Kier molecular flexibility index (Phi) is 5.66. The van der Waals surface area contributed by atoms with Crippen LogP contribution in [-0.4, -0.2) is 50.6 Å². The Morgan fingerprint density at radius 3 is 2.60 bits per heavy atom. The minimum absolute atomic E-state index is 0.148. The number of piperazine rings is 1. The number of carbonyl (C=O) groups is 1. The van der Waals surface area contributed by atoms with E-state index in [4.69, 9.17) is 16.0 Å². The van der Waals surface area contributed by atoms with Crippen LogP contribution in [0, 0.1) is 6.92 Å². The van der Waals surface area contributed by atoms with Gasteiger partial charge in [0.15, 0.2) is 6.54 Å². The summed E-state index contributed by atoms with van der Waals surface area (Å²) in [6, 6.07) is 11.8. The largest absolute Gasteiger partial charge is 0.464 e. The van der Waals surface area contributed by atoms with Gasteiger partial charge in [-0.2, -0.15) is 0 Å². The van der Waals surface area contributed by atoms with Crippen molar-refractivity contribution in [3.8, 4) is 0 Å². The van der Waals surface area contributed by atoms with Crippen LogP contribution in [-0.2, 0) is 11.3 Å². The van der Waals surface area contributed by atoms with E-state index in [9.17, 15) is 4.79 Å². The average molecular weight is 363 g/mol. The molecule has 1 aliphatic heterocycles. The highest BCUT2D eigenvalue weighted by atomic mass is 35.5. The third-order valence-electron chi connectivity index (χ3n) is 4.68. The van der Waals surface area contributed by atoms with Gasteiger partial charge in [0, 0.05) is 7.05 Å². The van der Waals surface area contributed by atoms with Crippen LogP contribution >= 0.6 is 11.6 Å². The van der Waals surface area contributed by atoms with E-state index in [1.807, 2.05) is 44.3 Å². The number of benzene rings is 1. The minimum Gasteiger partial charge on any atom is -0.464 e. The zero-order valence-electron chi connectivity index (χ0n) is 14.8. The first kappa shape index (κ1) is 17.8. The summed E-state index contributed by atoms with van der Waals surface area (Å²) >= 11 is 6.28. The second kappa shape index (κ2) is 7.93. The summed E-state index contributed by atoms with van der Waals surface area (Å²) in [6.45, 7) is 6.64. The van der Waals surface area contributed by atoms with E-state index in [-0.39, 0.29) is 5.91 Å². The zero-order valence-corrected chi connectivity index (χ0v) is 15.6. The van der Waals surface area contributed by atoms with Crippen molar-refractivity contribution in [2.75, 3.05) is 44.7 Å². The van der Waals surface area contributed by atoms with Gasteiger partial charge in [-0.15, -0.1) is 0 Å². The summed E-state index contributed by atoms with van der Waals surface area (Å²) in [5.41, 5.74) is 1.08. The standard InChI is InChI=1S/C19H24ClN3O2/c1-15-7-8-16(25-15)13-21(2)19(24)14-22-9-11-23(12-10-22)18-6-4-3-5-17(18)20/h3-8H,9-14H2,1-2H3/p+1. The van der Waals surface area contributed by atoms with E-state index < -0.39 is 0 Å². The molecule has 0 radical (unpaired) electrons. The molecule has 1 aromatic carbocycles. The number of furan rings is 1.